The van der Waals surface area contributed by atoms with Gasteiger partial charge in [0.1, 0.15) is 16.7 Å². The lowest BCUT2D eigenvalue weighted by atomic mass is 10.0. The Bertz CT molecular complexity index is 1890. The summed E-state index contributed by atoms with van der Waals surface area (Å²) in [5.41, 5.74) is 4.38. The quantitative estimate of drug-likeness (QED) is 0.0923. The minimum Gasteiger partial charge on any atom is -0.495 e. The number of benzene rings is 5. The van der Waals surface area contributed by atoms with E-state index in [4.69, 9.17) is 4.74 Å². The van der Waals surface area contributed by atoms with Crippen molar-refractivity contribution in [1.29, 1.82) is 0 Å². The number of ether oxygens (including phenoxy) is 1. The number of amides is 3. The Balaban J connectivity index is 1.38. The molecule has 0 saturated heterocycles. The molecule has 1 atom stereocenters. The van der Waals surface area contributed by atoms with Crippen molar-refractivity contribution in [2.75, 3.05) is 17.7 Å². The number of nitrogens with one attached hydrogen (secondary N) is 3. The predicted molar refractivity (Wildman–Crippen MR) is 194 cm³/mol. The smallest absolute Gasteiger partial charge is 0.272 e. The highest BCUT2D eigenvalue weighted by molar-refractivity contribution is 8.00. The van der Waals surface area contributed by atoms with Crippen molar-refractivity contribution in [2.24, 2.45) is 0 Å². The molecule has 0 bridgehead atoms. The highest BCUT2D eigenvalue weighted by atomic mass is 32.2. The van der Waals surface area contributed by atoms with Crippen LogP contribution >= 0.6 is 11.8 Å². The molecule has 3 amide bonds. The van der Waals surface area contributed by atoms with Crippen molar-refractivity contribution in [3.8, 4) is 5.75 Å². The molecule has 5 rings (SSSR count). The SMILES string of the molecule is COc1ccccc1NC(=O)C(Sc1cccc(NC(=O)/C(=C\c2ccc(C(C)C)cc2)NC(=O)c2ccccc2)c1)c1ccccc1. The number of methoxy groups -OCH3 is 1. The van der Waals surface area contributed by atoms with Crippen LogP contribution < -0.4 is 20.7 Å². The van der Waals surface area contributed by atoms with Gasteiger partial charge < -0.3 is 20.7 Å². The lowest BCUT2D eigenvalue weighted by Gasteiger charge is -2.19. The summed E-state index contributed by atoms with van der Waals surface area (Å²) in [6.45, 7) is 4.23. The highest BCUT2D eigenvalue weighted by Gasteiger charge is 2.24. The van der Waals surface area contributed by atoms with Gasteiger partial charge in [-0.2, -0.15) is 0 Å². The second-order valence-corrected chi connectivity index (χ2v) is 12.5. The Morgan fingerprint density at radius 2 is 1.38 bits per heavy atom. The minimum absolute atomic E-state index is 0.0950. The van der Waals surface area contributed by atoms with Gasteiger partial charge in [0.15, 0.2) is 0 Å². The van der Waals surface area contributed by atoms with Crippen molar-refractivity contribution in [3.63, 3.8) is 0 Å². The first-order valence-corrected chi connectivity index (χ1v) is 16.4. The molecule has 5 aromatic rings. The molecule has 0 aliphatic heterocycles. The molecular formula is C40H37N3O4S. The third-order valence-corrected chi connectivity index (χ3v) is 8.74. The number of hydrogen-bond donors (Lipinski definition) is 3. The summed E-state index contributed by atoms with van der Waals surface area (Å²) in [6, 6.07) is 40.7. The standard InChI is InChI=1S/C40H37N3O4S/c1-27(2)29-23-21-28(22-24-29)25-35(43-38(44)31-15-8-5-9-16-31)39(45)41-32-17-12-18-33(26-32)48-37(30-13-6-4-7-14-30)40(46)42-34-19-10-11-20-36(34)47-3/h4-27,37H,1-3H3,(H,41,45)(H,42,46)(H,43,44)/b35-25+. The average Bonchev–Trinajstić information content (AvgIpc) is 3.11. The largest absolute Gasteiger partial charge is 0.495 e. The summed E-state index contributed by atoms with van der Waals surface area (Å²) < 4.78 is 5.43. The Kier molecular flexibility index (Phi) is 11.5. The first-order valence-electron chi connectivity index (χ1n) is 15.6. The number of thioether (sulfide) groups is 1. The first-order chi connectivity index (χ1) is 23.3. The van der Waals surface area contributed by atoms with Crippen LogP contribution in [0.1, 0.15) is 52.1 Å². The summed E-state index contributed by atoms with van der Waals surface area (Å²) in [7, 11) is 1.56. The molecule has 3 N–H and O–H groups in total. The van der Waals surface area contributed by atoms with Gasteiger partial charge in [0.05, 0.1) is 12.8 Å². The van der Waals surface area contributed by atoms with E-state index < -0.39 is 17.1 Å². The molecule has 48 heavy (non-hydrogen) atoms. The molecule has 1 unspecified atom stereocenters. The van der Waals surface area contributed by atoms with E-state index in [9.17, 15) is 14.4 Å². The molecule has 0 heterocycles. The van der Waals surface area contributed by atoms with Gasteiger partial charge in [-0.05, 0) is 71.1 Å². The zero-order valence-electron chi connectivity index (χ0n) is 27.0. The van der Waals surface area contributed by atoms with E-state index in [-0.39, 0.29) is 11.6 Å². The topological polar surface area (TPSA) is 96.5 Å². The van der Waals surface area contributed by atoms with Crippen LogP contribution in [0.15, 0.2) is 144 Å². The van der Waals surface area contributed by atoms with Gasteiger partial charge in [-0.3, -0.25) is 14.4 Å². The lowest BCUT2D eigenvalue weighted by Crippen LogP contribution is -2.30. The Hall–Kier alpha value is -5.60. The normalized spacial score (nSPS) is 11.8. The van der Waals surface area contributed by atoms with Crippen molar-refractivity contribution in [2.45, 2.75) is 29.9 Å². The van der Waals surface area contributed by atoms with Gasteiger partial charge in [0.2, 0.25) is 5.91 Å². The maximum absolute atomic E-state index is 13.7. The summed E-state index contributed by atoms with van der Waals surface area (Å²) in [5, 5.41) is 8.13. The van der Waals surface area contributed by atoms with Crippen molar-refractivity contribution >= 4 is 46.9 Å². The van der Waals surface area contributed by atoms with Gasteiger partial charge in [-0.15, -0.1) is 11.8 Å². The lowest BCUT2D eigenvalue weighted by molar-refractivity contribution is -0.116. The van der Waals surface area contributed by atoms with Crippen LogP contribution in [0.3, 0.4) is 0 Å². The van der Waals surface area contributed by atoms with Crippen LogP contribution in [-0.2, 0) is 9.59 Å². The summed E-state index contributed by atoms with van der Waals surface area (Å²) in [5.74, 6) is -0.175. The highest BCUT2D eigenvalue weighted by Crippen LogP contribution is 2.38. The van der Waals surface area contributed by atoms with E-state index in [1.165, 1.54) is 17.3 Å². The molecule has 0 saturated carbocycles. The van der Waals surface area contributed by atoms with Crippen LogP contribution in [0.25, 0.3) is 6.08 Å². The third kappa shape index (κ3) is 9.02. The number of carbonyl (C=O) groups is 3. The van der Waals surface area contributed by atoms with Crippen LogP contribution in [0, 0.1) is 0 Å². The second kappa shape index (κ2) is 16.3. The van der Waals surface area contributed by atoms with E-state index in [2.05, 4.69) is 29.8 Å². The minimum atomic E-state index is -0.600. The predicted octanol–water partition coefficient (Wildman–Crippen LogP) is 8.70. The van der Waals surface area contributed by atoms with E-state index in [0.717, 1.165) is 16.0 Å². The zero-order valence-corrected chi connectivity index (χ0v) is 27.8. The fraction of sp³-hybridized carbons (Fsp3) is 0.125. The fourth-order valence-electron chi connectivity index (χ4n) is 4.91. The molecule has 7 nitrogen and oxygen atoms in total. The molecule has 0 aliphatic carbocycles. The Labute approximate surface area is 285 Å². The third-order valence-electron chi connectivity index (χ3n) is 7.49. The monoisotopic (exact) mass is 655 g/mol. The Morgan fingerprint density at radius 3 is 2.06 bits per heavy atom. The number of hydrogen-bond acceptors (Lipinski definition) is 5. The molecule has 0 aromatic heterocycles. The van der Waals surface area contributed by atoms with E-state index in [0.29, 0.717) is 28.6 Å². The van der Waals surface area contributed by atoms with Gasteiger partial charge >= 0.3 is 0 Å². The molecule has 242 valence electrons. The summed E-state index contributed by atoms with van der Waals surface area (Å²) in [6.07, 6.45) is 1.66. The number of para-hydroxylation sites is 2. The van der Waals surface area contributed by atoms with E-state index in [1.54, 1.807) is 55.7 Å². The molecule has 0 radical (unpaired) electrons. The van der Waals surface area contributed by atoms with E-state index >= 15 is 0 Å². The maximum atomic E-state index is 13.7. The van der Waals surface area contributed by atoms with Crippen molar-refractivity contribution in [3.05, 3.63) is 161 Å². The van der Waals surface area contributed by atoms with Gasteiger partial charge in [0.25, 0.3) is 11.8 Å². The summed E-state index contributed by atoms with van der Waals surface area (Å²) in [4.78, 5) is 41.3. The first kappa shape index (κ1) is 33.8. The maximum Gasteiger partial charge on any atom is 0.272 e. The molecular weight excluding hydrogens is 619 g/mol. The summed E-state index contributed by atoms with van der Waals surface area (Å²) >= 11 is 1.36. The molecule has 0 aliphatic rings. The van der Waals surface area contributed by atoms with Gasteiger partial charge in [-0.25, -0.2) is 0 Å². The van der Waals surface area contributed by atoms with Gasteiger partial charge in [0, 0.05) is 16.1 Å². The molecule has 0 spiro atoms. The molecule has 8 heteroatoms. The van der Waals surface area contributed by atoms with Crippen LogP contribution in [0.5, 0.6) is 5.75 Å². The van der Waals surface area contributed by atoms with Crippen LogP contribution in [0.2, 0.25) is 0 Å². The van der Waals surface area contributed by atoms with Crippen LogP contribution in [-0.4, -0.2) is 24.8 Å². The van der Waals surface area contributed by atoms with Crippen molar-refractivity contribution in [1.82, 2.24) is 5.32 Å². The average molecular weight is 656 g/mol. The van der Waals surface area contributed by atoms with Crippen molar-refractivity contribution < 1.29 is 19.1 Å². The molecule has 0 fully saturated rings. The molecule has 5 aromatic carbocycles. The number of anilines is 2. The van der Waals surface area contributed by atoms with Gasteiger partial charge in [-0.1, -0.05) is 105 Å². The fourth-order valence-corrected chi connectivity index (χ4v) is 6.00. The van der Waals surface area contributed by atoms with E-state index in [1.807, 2.05) is 91.0 Å². The Morgan fingerprint density at radius 1 is 0.708 bits per heavy atom. The number of carbonyl (C=O) groups excluding carboxylic acids is 3. The number of rotatable bonds is 12. The van der Waals surface area contributed by atoms with Crippen LogP contribution in [0.4, 0.5) is 11.4 Å². The zero-order chi connectivity index (χ0) is 33.9. The second-order valence-electron chi connectivity index (χ2n) is 11.3.